The van der Waals surface area contributed by atoms with Crippen LogP contribution in [0.25, 0.3) is 0 Å². The van der Waals surface area contributed by atoms with E-state index in [0.717, 1.165) is 15.4 Å². The Labute approximate surface area is 138 Å². The summed E-state index contributed by atoms with van der Waals surface area (Å²) in [6.07, 6.45) is 1.06. The van der Waals surface area contributed by atoms with Crippen molar-refractivity contribution in [1.29, 1.82) is 0 Å². The highest BCUT2D eigenvalue weighted by Crippen LogP contribution is 2.27. The highest BCUT2D eigenvalue weighted by Gasteiger charge is 2.15. The van der Waals surface area contributed by atoms with Crippen molar-refractivity contribution in [3.05, 3.63) is 68.6 Å². The molecule has 0 aromatic heterocycles. The Bertz CT molecular complexity index is 568. The fourth-order valence-electron chi connectivity index (χ4n) is 2.39. The van der Waals surface area contributed by atoms with E-state index in [0.29, 0.717) is 12.1 Å². The van der Waals surface area contributed by atoms with E-state index in [1.165, 1.54) is 11.1 Å². The Morgan fingerprint density at radius 1 is 1.05 bits per heavy atom. The maximum absolute atomic E-state index is 3.72. The average Bonchev–Trinajstić information content (AvgIpc) is 2.45. The van der Waals surface area contributed by atoms with Gasteiger partial charge in [-0.15, -0.1) is 0 Å². The van der Waals surface area contributed by atoms with Crippen molar-refractivity contribution >= 4 is 31.9 Å². The molecule has 0 spiro atoms. The van der Waals surface area contributed by atoms with Gasteiger partial charge in [0, 0.05) is 21.0 Å². The molecule has 0 aliphatic carbocycles. The molecule has 2 atom stereocenters. The van der Waals surface area contributed by atoms with Crippen molar-refractivity contribution in [3.63, 3.8) is 0 Å². The molecule has 1 N–H and O–H groups in total. The van der Waals surface area contributed by atoms with E-state index in [9.17, 15) is 0 Å². The van der Waals surface area contributed by atoms with E-state index >= 15 is 0 Å². The zero-order valence-corrected chi connectivity index (χ0v) is 14.9. The number of rotatable bonds is 5. The lowest BCUT2D eigenvalue weighted by molar-refractivity contribution is 0.455. The van der Waals surface area contributed by atoms with Gasteiger partial charge >= 0.3 is 0 Å². The number of halogens is 2. The molecule has 1 nitrogen and oxygen atoms in total. The summed E-state index contributed by atoms with van der Waals surface area (Å²) in [5, 5.41) is 3.72. The molecule has 0 saturated carbocycles. The van der Waals surface area contributed by atoms with Crippen molar-refractivity contribution < 1.29 is 0 Å². The van der Waals surface area contributed by atoms with Crippen LogP contribution in [0.4, 0.5) is 0 Å². The van der Waals surface area contributed by atoms with Gasteiger partial charge in [-0.05, 0) is 42.7 Å². The largest absolute Gasteiger partial charge is 0.303 e. The summed E-state index contributed by atoms with van der Waals surface area (Å²) in [7, 11) is 0. The van der Waals surface area contributed by atoms with Gasteiger partial charge in [-0.1, -0.05) is 69.1 Å². The number of hydrogen-bond donors (Lipinski definition) is 1. The molecule has 1 unspecified atom stereocenters. The van der Waals surface area contributed by atoms with Gasteiger partial charge in [0.1, 0.15) is 0 Å². The summed E-state index contributed by atoms with van der Waals surface area (Å²) in [6.45, 7) is 4.42. The highest BCUT2D eigenvalue weighted by atomic mass is 79.9. The van der Waals surface area contributed by atoms with E-state index in [2.05, 4.69) is 93.5 Å². The summed E-state index contributed by atoms with van der Waals surface area (Å²) in [5.41, 5.74) is 2.61. The topological polar surface area (TPSA) is 12.0 Å². The third-order valence-electron chi connectivity index (χ3n) is 3.48. The number of hydrogen-bond acceptors (Lipinski definition) is 1. The molecule has 0 aliphatic rings. The van der Waals surface area contributed by atoms with Crippen LogP contribution in [0, 0.1) is 0 Å². The molecule has 0 bridgehead atoms. The van der Waals surface area contributed by atoms with E-state index in [1.807, 2.05) is 6.07 Å². The van der Waals surface area contributed by atoms with E-state index in [4.69, 9.17) is 0 Å². The fraction of sp³-hybridized carbons (Fsp3) is 0.294. The molecule has 0 heterocycles. The molecular weight excluding hydrogens is 378 g/mol. The molecule has 2 rings (SSSR count). The first-order valence-corrected chi connectivity index (χ1v) is 8.46. The van der Waals surface area contributed by atoms with E-state index < -0.39 is 0 Å². The van der Waals surface area contributed by atoms with E-state index in [1.54, 1.807) is 0 Å². The van der Waals surface area contributed by atoms with Crippen LogP contribution in [0.2, 0.25) is 0 Å². The Morgan fingerprint density at radius 2 is 1.80 bits per heavy atom. The van der Waals surface area contributed by atoms with Gasteiger partial charge in [-0.3, -0.25) is 0 Å². The van der Waals surface area contributed by atoms with Crippen LogP contribution in [-0.4, -0.2) is 0 Å². The molecule has 0 saturated heterocycles. The summed E-state index contributed by atoms with van der Waals surface area (Å²) in [5.74, 6) is 0. The molecule has 2 aromatic carbocycles. The highest BCUT2D eigenvalue weighted by molar-refractivity contribution is 9.10. The maximum atomic E-state index is 3.72. The second-order valence-corrected chi connectivity index (χ2v) is 6.70. The quantitative estimate of drug-likeness (QED) is 0.651. The summed E-state index contributed by atoms with van der Waals surface area (Å²) in [6, 6.07) is 17.6. The number of benzene rings is 2. The normalized spacial score (nSPS) is 14.0. The van der Waals surface area contributed by atoms with Gasteiger partial charge in [0.15, 0.2) is 0 Å². The zero-order chi connectivity index (χ0) is 14.5. The minimum absolute atomic E-state index is 0.300. The molecule has 0 radical (unpaired) electrons. The van der Waals surface area contributed by atoms with Crippen molar-refractivity contribution in [1.82, 2.24) is 5.32 Å². The Morgan fingerprint density at radius 3 is 2.45 bits per heavy atom. The van der Waals surface area contributed by atoms with Crippen molar-refractivity contribution in [2.24, 2.45) is 0 Å². The van der Waals surface area contributed by atoms with Crippen molar-refractivity contribution in [2.75, 3.05) is 0 Å². The molecule has 0 amide bonds. The Hall–Kier alpha value is -0.640. The molecule has 106 valence electrons. The molecule has 20 heavy (non-hydrogen) atoms. The van der Waals surface area contributed by atoms with Gasteiger partial charge in [-0.2, -0.15) is 0 Å². The summed E-state index contributed by atoms with van der Waals surface area (Å²) in [4.78, 5) is 0. The summed E-state index contributed by atoms with van der Waals surface area (Å²) >= 11 is 7.18. The first-order chi connectivity index (χ1) is 9.61. The third-order valence-corrected chi connectivity index (χ3v) is 4.70. The van der Waals surface area contributed by atoms with Gasteiger partial charge in [-0.25, -0.2) is 0 Å². The lowest BCUT2D eigenvalue weighted by Gasteiger charge is -2.24. The van der Waals surface area contributed by atoms with Crippen molar-refractivity contribution in [2.45, 2.75) is 32.4 Å². The second kappa shape index (κ2) is 7.39. The first-order valence-electron chi connectivity index (χ1n) is 6.87. The maximum Gasteiger partial charge on any atom is 0.0323 e. The monoisotopic (exact) mass is 395 g/mol. The van der Waals surface area contributed by atoms with Gasteiger partial charge in [0.25, 0.3) is 0 Å². The standard InChI is InChI=1S/C17H19Br2N/c1-3-17(13-7-6-8-14(18)11-13)20-12(2)15-9-4-5-10-16(15)19/h4-12,17,20H,3H2,1-2H3/t12-,17?/m1/s1. The minimum Gasteiger partial charge on any atom is -0.303 e. The zero-order valence-electron chi connectivity index (χ0n) is 11.7. The SMILES string of the molecule is CCC(N[C@H](C)c1ccccc1Br)c1cccc(Br)c1. The Kier molecular flexibility index (Phi) is 5.82. The molecule has 3 heteroatoms. The predicted octanol–water partition coefficient (Wildman–Crippen LogP) is 6.01. The number of nitrogens with one attached hydrogen (secondary N) is 1. The molecule has 0 aliphatic heterocycles. The van der Waals surface area contributed by atoms with Crippen LogP contribution in [0.5, 0.6) is 0 Å². The smallest absolute Gasteiger partial charge is 0.0323 e. The molecular formula is C17H19Br2N. The van der Waals surface area contributed by atoms with Crippen LogP contribution in [0.15, 0.2) is 57.5 Å². The summed E-state index contributed by atoms with van der Waals surface area (Å²) < 4.78 is 2.29. The van der Waals surface area contributed by atoms with Gasteiger partial charge < -0.3 is 5.32 Å². The molecule has 2 aromatic rings. The van der Waals surface area contributed by atoms with Crippen LogP contribution in [0.3, 0.4) is 0 Å². The van der Waals surface area contributed by atoms with E-state index in [-0.39, 0.29) is 0 Å². The molecule has 0 fully saturated rings. The fourth-order valence-corrected chi connectivity index (χ4v) is 3.44. The van der Waals surface area contributed by atoms with Gasteiger partial charge in [0.2, 0.25) is 0 Å². The minimum atomic E-state index is 0.300. The Balaban J connectivity index is 2.16. The van der Waals surface area contributed by atoms with Crippen LogP contribution in [0.1, 0.15) is 43.5 Å². The van der Waals surface area contributed by atoms with Crippen LogP contribution in [-0.2, 0) is 0 Å². The third kappa shape index (κ3) is 3.94. The second-order valence-electron chi connectivity index (χ2n) is 4.93. The lowest BCUT2D eigenvalue weighted by Crippen LogP contribution is -2.24. The predicted molar refractivity (Wildman–Crippen MR) is 92.9 cm³/mol. The average molecular weight is 397 g/mol. The van der Waals surface area contributed by atoms with Gasteiger partial charge in [0.05, 0.1) is 0 Å². The van der Waals surface area contributed by atoms with Crippen LogP contribution < -0.4 is 5.32 Å². The van der Waals surface area contributed by atoms with Crippen molar-refractivity contribution in [3.8, 4) is 0 Å². The van der Waals surface area contributed by atoms with Crippen LogP contribution >= 0.6 is 31.9 Å². The lowest BCUT2D eigenvalue weighted by atomic mass is 10.0. The first kappa shape index (κ1) is 15.7.